The predicted octanol–water partition coefficient (Wildman–Crippen LogP) is 0.721. The number of aromatic amines is 1. The Labute approximate surface area is 57.4 Å². The Hall–Kier alpha value is -1.45. The van der Waals surface area contributed by atoms with Gasteiger partial charge < -0.3 is 14.8 Å². The van der Waals surface area contributed by atoms with Crippen molar-refractivity contribution in [3.05, 3.63) is 18.0 Å². The molecule has 0 radical (unpaired) electrons. The van der Waals surface area contributed by atoms with Crippen LogP contribution >= 0.6 is 0 Å². The molecule has 1 heterocycles. The number of aromatic nitrogens is 1. The summed E-state index contributed by atoms with van der Waals surface area (Å²) in [7, 11) is 1.43. The lowest BCUT2D eigenvalue weighted by molar-refractivity contribution is 0.0687. The minimum absolute atomic E-state index is 0.0856. The monoisotopic (exact) mass is 141 g/mol. The second-order valence-electron chi connectivity index (χ2n) is 1.73. The van der Waals surface area contributed by atoms with E-state index in [1.807, 2.05) is 0 Å². The maximum Gasteiger partial charge on any atom is 0.356 e. The number of ether oxygens (including phenoxy) is 1. The predicted molar refractivity (Wildman–Crippen MR) is 34.3 cm³/mol. The topological polar surface area (TPSA) is 62.3 Å². The largest absolute Gasteiger partial charge is 0.494 e. The quantitative estimate of drug-likeness (QED) is 0.637. The maximum atomic E-state index is 10.3. The highest BCUT2D eigenvalue weighted by atomic mass is 16.5. The van der Waals surface area contributed by atoms with E-state index in [-0.39, 0.29) is 5.69 Å². The van der Waals surface area contributed by atoms with Gasteiger partial charge in [-0.05, 0) is 6.07 Å². The van der Waals surface area contributed by atoms with Gasteiger partial charge in [-0.3, -0.25) is 0 Å². The third kappa shape index (κ3) is 0.953. The van der Waals surface area contributed by atoms with Gasteiger partial charge in [0.15, 0.2) is 11.4 Å². The molecule has 2 N–H and O–H groups in total. The SMILES string of the molecule is COc1cc[nH]c1C(=O)O. The van der Waals surface area contributed by atoms with Crippen molar-refractivity contribution < 1.29 is 14.6 Å². The summed E-state index contributed by atoms with van der Waals surface area (Å²) in [5, 5.41) is 8.47. The van der Waals surface area contributed by atoms with Crippen molar-refractivity contribution in [2.24, 2.45) is 0 Å². The van der Waals surface area contributed by atoms with Gasteiger partial charge in [0.2, 0.25) is 0 Å². The van der Waals surface area contributed by atoms with Gasteiger partial charge in [0, 0.05) is 6.20 Å². The molecule has 0 unspecified atom stereocenters. The first-order valence-electron chi connectivity index (χ1n) is 2.70. The zero-order chi connectivity index (χ0) is 7.56. The van der Waals surface area contributed by atoms with Crippen LogP contribution in [-0.4, -0.2) is 23.2 Å². The normalized spacial score (nSPS) is 9.30. The van der Waals surface area contributed by atoms with Crippen LogP contribution in [0.25, 0.3) is 0 Å². The van der Waals surface area contributed by atoms with Crippen LogP contribution in [0.15, 0.2) is 12.3 Å². The van der Waals surface area contributed by atoms with Crippen molar-refractivity contribution in [3.8, 4) is 5.75 Å². The standard InChI is InChI=1S/C6H7NO3/c1-10-4-2-3-7-5(4)6(8)9/h2-3,7H,1H3,(H,8,9). The number of H-pyrrole nitrogens is 1. The molecule has 0 aromatic carbocycles. The van der Waals surface area contributed by atoms with E-state index in [4.69, 9.17) is 9.84 Å². The summed E-state index contributed by atoms with van der Waals surface area (Å²) in [6.07, 6.45) is 1.52. The minimum atomic E-state index is -1.01. The Bertz CT molecular complexity index is 241. The molecule has 0 amide bonds. The molecule has 0 aliphatic carbocycles. The van der Waals surface area contributed by atoms with Gasteiger partial charge in [-0.1, -0.05) is 0 Å². The molecule has 4 heteroatoms. The van der Waals surface area contributed by atoms with Crippen LogP contribution in [-0.2, 0) is 0 Å². The fourth-order valence-corrected chi connectivity index (χ4v) is 0.692. The van der Waals surface area contributed by atoms with Gasteiger partial charge in [0.25, 0.3) is 0 Å². The zero-order valence-electron chi connectivity index (χ0n) is 5.42. The molecule has 54 valence electrons. The molecule has 0 saturated heterocycles. The van der Waals surface area contributed by atoms with Gasteiger partial charge in [-0.2, -0.15) is 0 Å². The van der Waals surface area contributed by atoms with Crippen molar-refractivity contribution in [1.29, 1.82) is 0 Å². The van der Waals surface area contributed by atoms with Gasteiger partial charge in [-0.15, -0.1) is 0 Å². The Balaban J connectivity index is 3.01. The molecule has 0 saturated carbocycles. The van der Waals surface area contributed by atoms with E-state index in [0.29, 0.717) is 5.75 Å². The van der Waals surface area contributed by atoms with Gasteiger partial charge in [0.1, 0.15) is 0 Å². The molecule has 0 atom stereocenters. The van der Waals surface area contributed by atoms with E-state index in [0.717, 1.165) is 0 Å². The summed E-state index contributed by atoms with van der Waals surface area (Å²) in [5.41, 5.74) is 0.0856. The van der Waals surface area contributed by atoms with Crippen LogP contribution in [0.3, 0.4) is 0 Å². The average molecular weight is 141 g/mol. The molecule has 1 rings (SSSR count). The van der Waals surface area contributed by atoms with E-state index < -0.39 is 5.97 Å². The molecule has 0 spiro atoms. The highest BCUT2D eigenvalue weighted by molar-refractivity contribution is 5.88. The number of nitrogens with one attached hydrogen (secondary N) is 1. The van der Waals surface area contributed by atoms with E-state index in [2.05, 4.69) is 4.98 Å². The van der Waals surface area contributed by atoms with Crippen molar-refractivity contribution in [3.63, 3.8) is 0 Å². The lowest BCUT2D eigenvalue weighted by Gasteiger charge is -1.94. The first kappa shape index (κ1) is 6.67. The van der Waals surface area contributed by atoms with Gasteiger partial charge in [0.05, 0.1) is 7.11 Å². The van der Waals surface area contributed by atoms with Crippen LogP contribution in [0.1, 0.15) is 10.5 Å². The number of hydrogen-bond acceptors (Lipinski definition) is 2. The summed E-state index contributed by atoms with van der Waals surface area (Å²) in [5.74, 6) is -0.658. The lowest BCUT2D eigenvalue weighted by atomic mass is 10.4. The van der Waals surface area contributed by atoms with Crippen molar-refractivity contribution >= 4 is 5.97 Å². The number of carbonyl (C=O) groups is 1. The smallest absolute Gasteiger partial charge is 0.356 e. The van der Waals surface area contributed by atoms with E-state index in [1.54, 1.807) is 6.07 Å². The highest BCUT2D eigenvalue weighted by Crippen LogP contribution is 2.14. The first-order chi connectivity index (χ1) is 4.75. The highest BCUT2D eigenvalue weighted by Gasteiger charge is 2.09. The van der Waals surface area contributed by atoms with E-state index in [9.17, 15) is 4.79 Å². The van der Waals surface area contributed by atoms with Crippen molar-refractivity contribution in [2.75, 3.05) is 7.11 Å². The van der Waals surface area contributed by atoms with Crippen LogP contribution < -0.4 is 4.74 Å². The number of rotatable bonds is 2. The number of aromatic carboxylic acids is 1. The molecule has 4 nitrogen and oxygen atoms in total. The third-order valence-electron chi connectivity index (χ3n) is 1.14. The summed E-state index contributed by atoms with van der Waals surface area (Å²) in [6.45, 7) is 0. The second-order valence-corrected chi connectivity index (χ2v) is 1.73. The Morgan fingerprint density at radius 3 is 2.90 bits per heavy atom. The number of hydrogen-bond donors (Lipinski definition) is 2. The molecule has 0 aliphatic rings. The molecular weight excluding hydrogens is 134 g/mol. The van der Waals surface area contributed by atoms with Crippen LogP contribution in [0, 0.1) is 0 Å². The molecule has 1 aromatic heterocycles. The summed E-state index contributed by atoms with van der Waals surface area (Å²) in [6, 6.07) is 1.56. The maximum absolute atomic E-state index is 10.3. The summed E-state index contributed by atoms with van der Waals surface area (Å²) < 4.78 is 4.73. The van der Waals surface area contributed by atoms with E-state index >= 15 is 0 Å². The molecule has 0 aliphatic heterocycles. The number of methoxy groups -OCH3 is 1. The molecule has 0 bridgehead atoms. The van der Waals surface area contributed by atoms with Crippen LogP contribution in [0.2, 0.25) is 0 Å². The number of carboxylic acids is 1. The number of carboxylic acid groups (broad SMARTS) is 1. The summed E-state index contributed by atoms with van der Waals surface area (Å²) >= 11 is 0. The van der Waals surface area contributed by atoms with Crippen LogP contribution in [0.4, 0.5) is 0 Å². The van der Waals surface area contributed by atoms with Gasteiger partial charge >= 0.3 is 5.97 Å². The van der Waals surface area contributed by atoms with Crippen molar-refractivity contribution in [1.82, 2.24) is 4.98 Å². The minimum Gasteiger partial charge on any atom is -0.494 e. The van der Waals surface area contributed by atoms with Gasteiger partial charge in [-0.25, -0.2) is 4.79 Å². The fourth-order valence-electron chi connectivity index (χ4n) is 0.692. The second kappa shape index (κ2) is 2.43. The lowest BCUT2D eigenvalue weighted by Crippen LogP contribution is -1.98. The Morgan fingerprint density at radius 1 is 1.80 bits per heavy atom. The average Bonchev–Trinajstić information content (AvgIpc) is 2.33. The first-order valence-corrected chi connectivity index (χ1v) is 2.70. The Kier molecular flexibility index (Phi) is 1.62. The summed E-state index contributed by atoms with van der Waals surface area (Å²) in [4.78, 5) is 12.9. The molecule has 10 heavy (non-hydrogen) atoms. The molecular formula is C6H7NO3. The van der Waals surface area contributed by atoms with Crippen LogP contribution in [0.5, 0.6) is 5.75 Å². The third-order valence-corrected chi connectivity index (χ3v) is 1.14. The van der Waals surface area contributed by atoms with E-state index in [1.165, 1.54) is 13.3 Å². The molecule has 0 fully saturated rings. The fraction of sp³-hybridized carbons (Fsp3) is 0.167. The van der Waals surface area contributed by atoms with Crippen molar-refractivity contribution in [2.45, 2.75) is 0 Å². The molecule has 1 aromatic rings. The Morgan fingerprint density at radius 2 is 2.50 bits per heavy atom. The zero-order valence-corrected chi connectivity index (χ0v) is 5.42.